The Bertz CT molecular complexity index is 456. The first-order valence-corrected chi connectivity index (χ1v) is 6.49. The minimum Gasteiger partial charge on any atom is -0.312 e. The van der Waals surface area contributed by atoms with E-state index in [1.165, 1.54) is 10.9 Å². The highest BCUT2D eigenvalue weighted by Gasteiger charge is 2.15. The van der Waals surface area contributed by atoms with Crippen LogP contribution in [0.5, 0.6) is 0 Å². The Morgan fingerprint density at radius 3 is 2.94 bits per heavy atom. The van der Waals surface area contributed by atoms with Crippen LogP contribution in [0.2, 0.25) is 0 Å². The number of hydrogen-bond donors (Lipinski definition) is 1. The summed E-state index contributed by atoms with van der Waals surface area (Å²) < 4.78 is 13.6. The van der Waals surface area contributed by atoms with Gasteiger partial charge in [-0.05, 0) is 43.5 Å². The molecule has 1 N–H and O–H groups in total. The zero-order chi connectivity index (χ0) is 12.1. The van der Waals surface area contributed by atoms with Gasteiger partial charge in [0.2, 0.25) is 0 Å². The number of thiophene rings is 1. The molecule has 1 atom stereocenters. The van der Waals surface area contributed by atoms with Crippen molar-refractivity contribution < 1.29 is 4.39 Å². The van der Waals surface area contributed by atoms with Gasteiger partial charge in [-0.15, -0.1) is 11.3 Å². The molecule has 4 heteroatoms. The average Bonchev–Trinajstić information content (AvgIpc) is 2.85. The first kappa shape index (κ1) is 12.2. The fourth-order valence-corrected chi connectivity index (χ4v) is 2.54. The fraction of sp³-hybridized carbons (Fsp3) is 0.308. The van der Waals surface area contributed by atoms with E-state index in [2.05, 4.69) is 21.7 Å². The van der Waals surface area contributed by atoms with E-state index in [1.807, 2.05) is 13.1 Å². The maximum atomic E-state index is 13.6. The van der Waals surface area contributed by atoms with E-state index in [9.17, 15) is 4.39 Å². The van der Waals surface area contributed by atoms with Gasteiger partial charge in [-0.2, -0.15) is 0 Å². The highest BCUT2D eigenvalue weighted by atomic mass is 32.1. The van der Waals surface area contributed by atoms with Gasteiger partial charge in [0, 0.05) is 11.1 Å². The molecule has 0 aromatic carbocycles. The molecule has 0 aliphatic rings. The summed E-state index contributed by atoms with van der Waals surface area (Å²) in [5.74, 6) is -0.238. The van der Waals surface area contributed by atoms with Crippen molar-refractivity contribution in [2.24, 2.45) is 0 Å². The van der Waals surface area contributed by atoms with Crippen LogP contribution in [0.1, 0.15) is 23.0 Å². The lowest BCUT2D eigenvalue weighted by Gasteiger charge is -2.15. The van der Waals surface area contributed by atoms with E-state index < -0.39 is 0 Å². The van der Waals surface area contributed by atoms with Crippen molar-refractivity contribution in [1.82, 2.24) is 10.3 Å². The lowest BCUT2D eigenvalue weighted by molar-refractivity contribution is 0.494. The molecule has 0 amide bonds. The number of nitrogens with zero attached hydrogens (tertiary/aromatic N) is 1. The minimum absolute atomic E-state index is 0.0294. The third-order valence-electron chi connectivity index (χ3n) is 2.72. The number of rotatable bonds is 5. The molecule has 0 spiro atoms. The summed E-state index contributed by atoms with van der Waals surface area (Å²) in [6.07, 6.45) is 3.43. The van der Waals surface area contributed by atoms with E-state index >= 15 is 0 Å². The minimum atomic E-state index is -0.238. The molecule has 0 aliphatic carbocycles. The Hall–Kier alpha value is -1.26. The van der Waals surface area contributed by atoms with E-state index in [-0.39, 0.29) is 11.9 Å². The molecule has 0 saturated heterocycles. The summed E-state index contributed by atoms with van der Waals surface area (Å²) in [7, 11) is 1.84. The smallest absolute Gasteiger partial charge is 0.146 e. The van der Waals surface area contributed by atoms with Crippen molar-refractivity contribution in [3.05, 3.63) is 52.2 Å². The van der Waals surface area contributed by atoms with Gasteiger partial charge in [0.15, 0.2) is 0 Å². The maximum Gasteiger partial charge on any atom is 0.146 e. The van der Waals surface area contributed by atoms with Crippen molar-refractivity contribution in [1.29, 1.82) is 0 Å². The Balaban J connectivity index is 2.04. The third kappa shape index (κ3) is 3.11. The van der Waals surface area contributed by atoms with E-state index in [4.69, 9.17) is 0 Å². The summed E-state index contributed by atoms with van der Waals surface area (Å²) in [5.41, 5.74) is 0.506. The zero-order valence-corrected chi connectivity index (χ0v) is 10.5. The predicted molar refractivity (Wildman–Crippen MR) is 68.6 cm³/mol. The van der Waals surface area contributed by atoms with Crippen molar-refractivity contribution in [3.63, 3.8) is 0 Å². The van der Waals surface area contributed by atoms with Crippen LogP contribution in [-0.4, -0.2) is 12.0 Å². The molecule has 2 aromatic rings. The molecular formula is C13H15FN2S. The monoisotopic (exact) mass is 250 g/mol. The summed E-state index contributed by atoms with van der Waals surface area (Å²) >= 11 is 1.73. The molecule has 90 valence electrons. The molecule has 17 heavy (non-hydrogen) atoms. The SMILES string of the molecule is CNC(CCc1cccs1)c1ncccc1F. The third-order valence-corrected chi connectivity index (χ3v) is 3.66. The molecule has 0 bridgehead atoms. The summed E-state index contributed by atoms with van der Waals surface area (Å²) in [6.45, 7) is 0. The van der Waals surface area contributed by atoms with Crippen LogP contribution in [0.3, 0.4) is 0 Å². The van der Waals surface area contributed by atoms with E-state index in [0.717, 1.165) is 12.8 Å². The predicted octanol–water partition coefficient (Wildman–Crippen LogP) is 3.18. The van der Waals surface area contributed by atoms with Gasteiger partial charge in [-0.25, -0.2) is 4.39 Å². The number of nitrogens with one attached hydrogen (secondary N) is 1. The quantitative estimate of drug-likeness (QED) is 0.881. The molecule has 2 heterocycles. The lowest BCUT2D eigenvalue weighted by atomic mass is 10.1. The van der Waals surface area contributed by atoms with Gasteiger partial charge >= 0.3 is 0 Å². The van der Waals surface area contributed by atoms with Crippen LogP contribution in [0, 0.1) is 5.82 Å². The van der Waals surface area contributed by atoms with Crippen LogP contribution in [0.15, 0.2) is 35.8 Å². The van der Waals surface area contributed by atoms with Gasteiger partial charge in [0.1, 0.15) is 5.82 Å². The van der Waals surface area contributed by atoms with Crippen molar-refractivity contribution in [2.45, 2.75) is 18.9 Å². The molecule has 0 saturated carbocycles. The summed E-state index contributed by atoms with van der Waals surface area (Å²) in [6, 6.07) is 7.18. The van der Waals surface area contributed by atoms with E-state index in [0.29, 0.717) is 5.69 Å². The normalized spacial score (nSPS) is 12.6. The lowest BCUT2D eigenvalue weighted by Crippen LogP contribution is -2.19. The second kappa shape index (κ2) is 5.89. The standard InChI is InChI=1S/C13H15FN2S/c1-15-12(7-6-10-4-3-9-17-10)13-11(14)5-2-8-16-13/h2-5,8-9,12,15H,6-7H2,1H3. The first-order valence-electron chi connectivity index (χ1n) is 5.61. The Morgan fingerprint density at radius 2 is 2.29 bits per heavy atom. The number of aryl methyl sites for hydroxylation is 1. The molecule has 2 aromatic heterocycles. The Kier molecular flexibility index (Phi) is 4.23. The highest BCUT2D eigenvalue weighted by molar-refractivity contribution is 7.09. The first-order chi connectivity index (χ1) is 8.31. The second-order valence-electron chi connectivity index (χ2n) is 3.83. The van der Waals surface area contributed by atoms with Crippen molar-refractivity contribution >= 4 is 11.3 Å². The molecule has 0 aliphatic heterocycles. The molecule has 0 radical (unpaired) electrons. The second-order valence-corrected chi connectivity index (χ2v) is 4.86. The van der Waals surface area contributed by atoms with E-state index in [1.54, 1.807) is 23.6 Å². The van der Waals surface area contributed by atoms with Crippen LogP contribution >= 0.6 is 11.3 Å². The molecule has 1 unspecified atom stereocenters. The number of halogens is 1. The topological polar surface area (TPSA) is 24.9 Å². The molecule has 0 fully saturated rings. The van der Waals surface area contributed by atoms with Crippen LogP contribution in [-0.2, 0) is 6.42 Å². The molecule has 2 nitrogen and oxygen atoms in total. The Labute approximate surface area is 105 Å². The van der Waals surface area contributed by atoms with Gasteiger partial charge in [0.25, 0.3) is 0 Å². The van der Waals surface area contributed by atoms with Crippen LogP contribution < -0.4 is 5.32 Å². The average molecular weight is 250 g/mol. The number of aromatic nitrogens is 1. The summed E-state index contributed by atoms with van der Waals surface area (Å²) in [5, 5.41) is 5.18. The molecule has 2 rings (SSSR count). The van der Waals surface area contributed by atoms with Crippen LogP contribution in [0.4, 0.5) is 4.39 Å². The largest absolute Gasteiger partial charge is 0.312 e. The number of hydrogen-bond acceptors (Lipinski definition) is 3. The van der Waals surface area contributed by atoms with Gasteiger partial charge in [0.05, 0.1) is 11.7 Å². The van der Waals surface area contributed by atoms with Crippen LogP contribution in [0.25, 0.3) is 0 Å². The van der Waals surface area contributed by atoms with Gasteiger partial charge < -0.3 is 5.32 Å². The van der Waals surface area contributed by atoms with Crippen molar-refractivity contribution in [3.8, 4) is 0 Å². The highest BCUT2D eigenvalue weighted by Crippen LogP contribution is 2.21. The van der Waals surface area contributed by atoms with Crippen molar-refractivity contribution in [2.75, 3.05) is 7.05 Å². The zero-order valence-electron chi connectivity index (χ0n) is 9.69. The van der Waals surface area contributed by atoms with Gasteiger partial charge in [-0.1, -0.05) is 6.07 Å². The van der Waals surface area contributed by atoms with Gasteiger partial charge in [-0.3, -0.25) is 4.98 Å². The maximum absolute atomic E-state index is 13.6. The number of pyridine rings is 1. The Morgan fingerprint density at radius 1 is 1.41 bits per heavy atom. The molecular weight excluding hydrogens is 235 g/mol. The fourth-order valence-electron chi connectivity index (χ4n) is 1.81. The summed E-state index contributed by atoms with van der Waals surface area (Å²) in [4.78, 5) is 5.44.